The maximum absolute atomic E-state index is 12.1. The van der Waals surface area contributed by atoms with Gasteiger partial charge in [0, 0.05) is 22.3 Å². The van der Waals surface area contributed by atoms with Crippen molar-refractivity contribution >= 4 is 40.7 Å². The smallest absolute Gasteiger partial charge is 0.253 e. The van der Waals surface area contributed by atoms with Crippen LogP contribution in [-0.4, -0.2) is 37.6 Å². The largest absolute Gasteiger partial charge is 0.365 e. The minimum atomic E-state index is -0.266. The van der Waals surface area contributed by atoms with Crippen LogP contribution in [0.4, 0.5) is 5.69 Å². The van der Waals surface area contributed by atoms with Crippen molar-refractivity contribution in [3.63, 3.8) is 0 Å². The van der Waals surface area contributed by atoms with Crippen LogP contribution in [-0.2, 0) is 20.7 Å². The number of halogens is 2. The SMILES string of the molecule is O=C(Cc1ccc(Cl)cc1)NCC1CN(c2ccc(Cl)cc2)C(=O)CO1. The van der Waals surface area contributed by atoms with Gasteiger partial charge in [0.1, 0.15) is 6.61 Å². The van der Waals surface area contributed by atoms with Crippen molar-refractivity contribution < 1.29 is 14.3 Å². The second-order valence-electron chi connectivity index (χ2n) is 6.02. The molecule has 26 heavy (non-hydrogen) atoms. The lowest BCUT2D eigenvalue weighted by atomic mass is 10.1. The number of morpholine rings is 1. The third-order valence-corrected chi connectivity index (χ3v) is 4.58. The third kappa shape index (κ3) is 4.97. The molecule has 3 rings (SSSR count). The van der Waals surface area contributed by atoms with E-state index in [1.165, 1.54) is 0 Å². The summed E-state index contributed by atoms with van der Waals surface area (Å²) in [4.78, 5) is 25.8. The number of anilines is 1. The molecule has 0 bridgehead atoms. The molecule has 7 heteroatoms. The lowest BCUT2D eigenvalue weighted by Crippen LogP contribution is -2.50. The van der Waals surface area contributed by atoms with E-state index in [0.29, 0.717) is 23.1 Å². The van der Waals surface area contributed by atoms with Gasteiger partial charge in [0.05, 0.1) is 19.1 Å². The Kier molecular flexibility index (Phi) is 6.14. The topological polar surface area (TPSA) is 58.6 Å². The third-order valence-electron chi connectivity index (χ3n) is 4.07. The molecule has 0 aliphatic carbocycles. The molecule has 2 aromatic carbocycles. The first-order chi connectivity index (χ1) is 12.5. The Morgan fingerprint density at radius 2 is 1.69 bits per heavy atom. The summed E-state index contributed by atoms with van der Waals surface area (Å²) in [5.41, 5.74) is 1.65. The zero-order valence-corrected chi connectivity index (χ0v) is 15.5. The zero-order chi connectivity index (χ0) is 18.5. The molecular formula is C19H18Cl2N2O3. The number of rotatable bonds is 5. The second-order valence-corrected chi connectivity index (χ2v) is 6.89. The minimum absolute atomic E-state index is 0.0135. The predicted octanol–water partition coefficient (Wildman–Crippen LogP) is 3.08. The maximum Gasteiger partial charge on any atom is 0.253 e. The average molecular weight is 393 g/mol. The molecule has 5 nitrogen and oxygen atoms in total. The molecule has 136 valence electrons. The minimum Gasteiger partial charge on any atom is -0.365 e. The van der Waals surface area contributed by atoms with Gasteiger partial charge in [-0.1, -0.05) is 35.3 Å². The summed E-state index contributed by atoms with van der Waals surface area (Å²) in [7, 11) is 0. The Hall–Kier alpha value is -2.08. The number of carbonyl (C=O) groups is 2. The lowest BCUT2D eigenvalue weighted by molar-refractivity contribution is -0.129. The van der Waals surface area contributed by atoms with E-state index >= 15 is 0 Å². The Balaban J connectivity index is 1.53. The normalized spacial score (nSPS) is 17.2. The number of hydrogen-bond acceptors (Lipinski definition) is 3. The van der Waals surface area contributed by atoms with Crippen molar-refractivity contribution in [3.8, 4) is 0 Å². The molecule has 0 saturated carbocycles. The highest BCUT2D eigenvalue weighted by atomic mass is 35.5. The van der Waals surface area contributed by atoms with Crippen molar-refractivity contribution in [2.45, 2.75) is 12.5 Å². The molecule has 2 amide bonds. The Morgan fingerprint density at radius 3 is 2.35 bits per heavy atom. The standard InChI is InChI=1S/C19H18Cl2N2O3/c20-14-3-1-13(2-4-14)9-18(24)22-10-17-11-23(19(25)12-26-17)16-7-5-15(21)6-8-16/h1-8,17H,9-12H2,(H,22,24). The maximum atomic E-state index is 12.1. The quantitative estimate of drug-likeness (QED) is 0.850. The van der Waals surface area contributed by atoms with E-state index in [9.17, 15) is 9.59 Å². The average Bonchev–Trinajstić information content (AvgIpc) is 2.64. The fourth-order valence-corrected chi connectivity index (χ4v) is 2.95. The number of carbonyl (C=O) groups excluding carboxylic acids is 2. The summed E-state index contributed by atoms with van der Waals surface area (Å²) in [6.45, 7) is 0.700. The van der Waals surface area contributed by atoms with Gasteiger partial charge in [-0.05, 0) is 42.0 Å². The summed E-state index contributed by atoms with van der Waals surface area (Å²) >= 11 is 11.7. The van der Waals surface area contributed by atoms with Gasteiger partial charge < -0.3 is 15.0 Å². The zero-order valence-electron chi connectivity index (χ0n) is 14.0. The summed E-state index contributed by atoms with van der Waals surface area (Å²) < 4.78 is 5.53. The Labute approximate surface area is 161 Å². The molecule has 1 unspecified atom stereocenters. The Bertz CT molecular complexity index is 778. The highest BCUT2D eigenvalue weighted by Gasteiger charge is 2.27. The summed E-state index contributed by atoms with van der Waals surface area (Å²) in [5, 5.41) is 4.10. The van der Waals surface area contributed by atoms with Crippen molar-refractivity contribution in [1.29, 1.82) is 0 Å². The molecule has 1 aliphatic heterocycles. The van der Waals surface area contributed by atoms with Gasteiger partial charge >= 0.3 is 0 Å². The van der Waals surface area contributed by atoms with Crippen LogP contribution < -0.4 is 10.2 Å². The molecule has 1 fully saturated rings. The number of amides is 2. The van der Waals surface area contributed by atoms with Gasteiger partial charge in [-0.3, -0.25) is 9.59 Å². The number of nitrogens with one attached hydrogen (secondary N) is 1. The first kappa shape index (κ1) is 18.7. The van der Waals surface area contributed by atoms with E-state index in [1.54, 1.807) is 41.3 Å². The van der Waals surface area contributed by atoms with E-state index in [0.717, 1.165) is 11.3 Å². The lowest BCUT2D eigenvalue weighted by Gasteiger charge is -2.32. The van der Waals surface area contributed by atoms with Crippen LogP contribution in [0.3, 0.4) is 0 Å². The van der Waals surface area contributed by atoms with Gasteiger partial charge in [-0.15, -0.1) is 0 Å². The molecular weight excluding hydrogens is 375 g/mol. The number of ether oxygens (including phenoxy) is 1. The second kappa shape index (κ2) is 8.54. The van der Waals surface area contributed by atoms with Crippen LogP contribution in [0.2, 0.25) is 10.0 Å². The monoisotopic (exact) mass is 392 g/mol. The molecule has 1 N–H and O–H groups in total. The van der Waals surface area contributed by atoms with Crippen LogP contribution in [0.25, 0.3) is 0 Å². The van der Waals surface area contributed by atoms with Crippen molar-refractivity contribution in [2.75, 3.05) is 24.6 Å². The van der Waals surface area contributed by atoms with E-state index in [2.05, 4.69) is 5.32 Å². The highest BCUT2D eigenvalue weighted by Crippen LogP contribution is 2.21. The fourth-order valence-electron chi connectivity index (χ4n) is 2.70. The van der Waals surface area contributed by atoms with Gasteiger partial charge in [0.25, 0.3) is 5.91 Å². The van der Waals surface area contributed by atoms with Gasteiger partial charge in [-0.2, -0.15) is 0 Å². The van der Waals surface area contributed by atoms with E-state index in [4.69, 9.17) is 27.9 Å². The van der Waals surface area contributed by atoms with E-state index in [1.807, 2.05) is 12.1 Å². The first-order valence-corrected chi connectivity index (χ1v) is 8.95. The van der Waals surface area contributed by atoms with Crippen LogP contribution in [0.1, 0.15) is 5.56 Å². The first-order valence-electron chi connectivity index (χ1n) is 8.20. The molecule has 0 spiro atoms. The number of hydrogen-bond donors (Lipinski definition) is 1. The fraction of sp³-hybridized carbons (Fsp3) is 0.263. The van der Waals surface area contributed by atoms with E-state index < -0.39 is 0 Å². The summed E-state index contributed by atoms with van der Waals surface area (Å²) in [6, 6.07) is 14.2. The highest BCUT2D eigenvalue weighted by molar-refractivity contribution is 6.30. The number of benzene rings is 2. The molecule has 2 aromatic rings. The molecule has 1 heterocycles. The van der Waals surface area contributed by atoms with Gasteiger partial charge in [0.2, 0.25) is 5.91 Å². The van der Waals surface area contributed by atoms with E-state index in [-0.39, 0.29) is 30.9 Å². The summed E-state index contributed by atoms with van der Waals surface area (Å²) in [5.74, 6) is -0.220. The van der Waals surface area contributed by atoms with Gasteiger partial charge in [-0.25, -0.2) is 0 Å². The van der Waals surface area contributed by atoms with Gasteiger partial charge in [0.15, 0.2) is 0 Å². The van der Waals surface area contributed by atoms with Crippen molar-refractivity contribution in [3.05, 3.63) is 64.1 Å². The molecule has 1 atom stereocenters. The van der Waals surface area contributed by atoms with Crippen molar-refractivity contribution in [2.24, 2.45) is 0 Å². The molecule has 1 saturated heterocycles. The van der Waals surface area contributed by atoms with Crippen LogP contribution in [0, 0.1) is 0 Å². The van der Waals surface area contributed by atoms with Crippen LogP contribution in [0.15, 0.2) is 48.5 Å². The predicted molar refractivity (Wildman–Crippen MR) is 102 cm³/mol. The molecule has 1 aliphatic rings. The summed E-state index contributed by atoms with van der Waals surface area (Å²) in [6.07, 6.45) is 0.00142. The number of nitrogens with zero attached hydrogens (tertiary/aromatic N) is 1. The molecule has 0 radical (unpaired) electrons. The van der Waals surface area contributed by atoms with Crippen molar-refractivity contribution in [1.82, 2.24) is 5.32 Å². The Morgan fingerprint density at radius 1 is 1.08 bits per heavy atom. The van der Waals surface area contributed by atoms with Crippen LogP contribution >= 0.6 is 23.2 Å². The molecule has 0 aromatic heterocycles. The van der Waals surface area contributed by atoms with Crippen LogP contribution in [0.5, 0.6) is 0 Å².